The first-order chi connectivity index (χ1) is 7.36. The molecule has 0 radical (unpaired) electrons. The van der Waals surface area contributed by atoms with Crippen molar-refractivity contribution in [2.75, 3.05) is 20.2 Å². The van der Waals surface area contributed by atoms with Crippen LogP contribution in [0.25, 0.3) is 0 Å². The van der Waals surface area contributed by atoms with Crippen LogP contribution >= 0.6 is 0 Å². The molecule has 1 saturated carbocycles. The van der Waals surface area contributed by atoms with Gasteiger partial charge in [-0.2, -0.15) is 0 Å². The third-order valence-electron chi connectivity index (χ3n) is 3.06. The van der Waals surface area contributed by atoms with E-state index in [2.05, 4.69) is 23.5 Å². The zero-order valence-corrected chi connectivity index (χ0v) is 10.7. The Morgan fingerprint density at radius 3 is 2.50 bits per heavy atom. The molecule has 1 aliphatic rings. The van der Waals surface area contributed by atoms with Crippen molar-refractivity contribution in [2.24, 2.45) is 5.92 Å². The molecule has 4 nitrogen and oxygen atoms in total. The molecule has 16 heavy (non-hydrogen) atoms. The van der Waals surface area contributed by atoms with Crippen molar-refractivity contribution >= 4 is 5.97 Å². The van der Waals surface area contributed by atoms with Crippen LogP contribution in [0.15, 0.2) is 0 Å². The first-order valence-corrected chi connectivity index (χ1v) is 5.91. The van der Waals surface area contributed by atoms with E-state index in [1.54, 1.807) is 0 Å². The summed E-state index contributed by atoms with van der Waals surface area (Å²) in [6.45, 7) is 6.98. The van der Waals surface area contributed by atoms with Crippen LogP contribution < -0.4 is 0 Å². The molecule has 1 atom stereocenters. The van der Waals surface area contributed by atoms with Gasteiger partial charge in [-0.3, -0.25) is 4.90 Å². The zero-order chi connectivity index (χ0) is 12.3. The Morgan fingerprint density at radius 2 is 2.12 bits per heavy atom. The molecule has 0 amide bonds. The molecule has 0 aromatic rings. The summed E-state index contributed by atoms with van der Waals surface area (Å²) in [6, 6.07) is 0.330. The van der Waals surface area contributed by atoms with E-state index in [0.29, 0.717) is 12.6 Å². The van der Waals surface area contributed by atoms with Gasteiger partial charge in [-0.25, -0.2) is 4.79 Å². The lowest BCUT2D eigenvalue weighted by atomic mass is 10.1. The van der Waals surface area contributed by atoms with E-state index in [1.165, 1.54) is 26.9 Å². The van der Waals surface area contributed by atoms with Crippen LogP contribution in [0.2, 0.25) is 0 Å². The van der Waals surface area contributed by atoms with Crippen LogP contribution in [-0.2, 0) is 9.53 Å². The number of carbonyl (C=O) groups excluding carboxylic acids is 1. The smallest absolute Gasteiger partial charge is 0.338 e. The van der Waals surface area contributed by atoms with Crippen LogP contribution in [0, 0.1) is 5.92 Å². The molecule has 1 rings (SSSR count). The lowest BCUT2D eigenvalue weighted by molar-refractivity contribution is -0.162. The van der Waals surface area contributed by atoms with Crippen molar-refractivity contribution < 1.29 is 14.6 Å². The van der Waals surface area contributed by atoms with Gasteiger partial charge in [0, 0.05) is 19.1 Å². The van der Waals surface area contributed by atoms with E-state index in [0.717, 1.165) is 12.5 Å². The predicted molar refractivity (Wildman–Crippen MR) is 62.1 cm³/mol. The number of hydrogen-bond acceptors (Lipinski definition) is 4. The number of nitrogens with zero attached hydrogens (tertiary/aromatic N) is 1. The second-order valence-electron chi connectivity index (χ2n) is 5.23. The van der Waals surface area contributed by atoms with Crippen LogP contribution in [0.5, 0.6) is 0 Å². The highest BCUT2D eigenvalue weighted by molar-refractivity contribution is 5.78. The molecule has 94 valence electrons. The van der Waals surface area contributed by atoms with Gasteiger partial charge in [0.1, 0.15) is 0 Å². The largest absolute Gasteiger partial charge is 0.467 e. The quantitative estimate of drug-likeness (QED) is 0.691. The van der Waals surface area contributed by atoms with Crippen LogP contribution in [0.3, 0.4) is 0 Å². The summed E-state index contributed by atoms with van der Waals surface area (Å²) in [7, 11) is 1.30. The molecule has 1 unspecified atom stereocenters. The maximum Gasteiger partial charge on any atom is 0.338 e. The molecule has 0 heterocycles. The number of methoxy groups -OCH3 is 1. The molecule has 0 bridgehead atoms. The summed E-state index contributed by atoms with van der Waals surface area (Å²) >= 11 is 0. The highest BCUT2D eigenvalue weighted by atomic mass is 16.5. The minimum atomic E-state index is -1.41. The Hall–Kier alpha value is -0.610. The number of rotatable bonds is 6. The monoisotopic (exact) mass is 229 g/mol. The van der Waals surface area contributed by atoms with Gasteiger partial charge < -0.3 is 9.84 Å². The molecular formula is C12H23NO3. The average Bonchev–Trinajstić information content (AvgIpc) is 2.98. The van der Waals surface area contributed by atoms with E-state index in [4.69, 9.17) is 0 Å². The van der Waals surface area contributed by atoms with Crippen LogP contribution in [0.1, 0.15) is 33.6 Å². The second kappa shape index (κ2) is 5.15. The van der Waals surface area contributed by atoms with Gasteiger partial charge in [-0.15, -0.1) is 0 Å². The van der Waals surface area contributed by atoms with Gasteiger partial charge in [-0.05, 0) is 39.5 Å². The molecule has 0 aromatic carbocycles. The lowest BCUT2D eigenvalue weighted by Crippen LogP contribution is -2.50. The van der Waals surface area contributed by atoms with Crippen molar-refractivity contribution in [2.45, 2.75) is 45.3 Å². The fraction of sp³-hybridized carbons (Fsp3) is 0.917. The first-order valence-electron chi connectivity index (χ1n) is 5.91. The zero-order valence-electron chi connectivity index (χ0n) is 10.7. The van der Waals surface area contributed by atoms with Gasteiger partial charge >= 0.3 is 5.97 Å². The number of aliphatic hydroxyl groups is 1. The Balaban J connectivity index is 2.54. The van der Waals surface area contributed by atoms with Gasteiger partial charge in [0.05, 0.1) is 7.11 Å². The van der Waals surface area contributed by atoms with Gasteiger partial charge in [0.25, 0.3) is 0 Å². The molecule has 0 spiro atoms. The van der Waals surface area contributed by atoms with Crippen molar-refractivity contribution in [1.82, 2.24) is 4.90 Å². The minimum Gasteiger partial charge on any atom is -0.467 e. The lowest BCUT2D eigenvalue weighted by Gasteiger charge is -2.32. The van der Waals surface area contributed by atoms with E-state index >= 15 is 0 Å². The Bertz CT molecular complexity index is 247. The molecular weight excluding hydrogens is 206 g/mol. The highest BCUT2D eigenvalue weighted by Crippen LogP contribution is 2.30. The normalized spacial score (nSPS) is 19.9. The van der Waals surface area contributed by atoms with Crippen molar-refractivity contribution in [3.8, 4) is 0 Å². The second-order valence-corrected chi connectivity index (χ2v) is 5.23. The molecule has 1 fully saturated rings. The maximum absolute atomic E-state index is 11.4. The third kappa shape index (κ3) is 3.76. The van der Waals surface area contributed by atoms with Gasteiger partial charge in [-0.1, -0.05) is 0 Å². The van der Waals surface area contributed by atoms with E-state index < -0.39 is 11.6 Å². The number of hydrogen-bond donors (Lipinski definition) is 1. The van der Waals surface area contributed by atoms with Crippen molar-refractivity contribution in [3.05, 3.63) is 0 Å². The third-order valence-corrected chi connectivity index (χ3v) is 3.06. The summed E-state index contributed by atoms with van der Waals surface area (Å²) in [4.78, 5) is 13.5. The summed E-state index contributed by atoms with van der Waals surface area (Å²) in [6.07, 6.45) is 2.53. The highest BCUT2D eigenvalue weighted by Gasteiger charge is 2.36. The molecule has 0 aromatic heterocycles. The minimum absolute atomic E-state index is 0.330. The van der Waals surface area contributed by atoms with E-state index in [-0.39, 0.29) is 0 Å². The summed E-state index contributed by atoms with van der Waals surface area (Å²) < 4.78 is 4.60. The number of esters is 1. The van der Waals surface area contributed by atoms with Crippen molar-refractivity contribution in [1.29, 1.82) is 0 Å². The average molecular weight is 229 g/mol. The van der Waals surface area contributed by atoms with Crippen LogP contribution in [0.4, 0.5) is 0 Å². The standard InChI is InChI=1S/C12H23NO3/c1-9(2)13(7-10-5-6-10)8-12(3,15)11(14)16-4/h9-10,15H,5-8H2,1-4H3. The number of carbonyl (C=O) groups is 1. The SMILES string of the molecule is COC(=O)C(C)(O)CN(CC1CC1)C(C)C. The number of ether oxygens (including phenoxy) is 1. The molecule has 0 aliphatic heterocycles. The Kier molecular flexibility index (Phi) is 4.33. The van der Waals surface area contributed by atoms with Gasteiger partial charge in [0.15, 0.2) is 5.60 Å². The maximum atomic E-state index is 11.4. The van der Waals surface area contributed by atoms with Crippen molar-refractivity contribution in [3.63, 3.8) is 0 Å². The summed E-state index contributed by atoms with van der Waals surface area (Å²) in [5.41, 5.74) is -1.41. The van der Waals surface area contributed by atoms with Crippen LogP contribution in [-0.4, -0.2) is 47.8 Å². The molecule has 0 saturated heterocycles. The van der Waals surface area contributed by atoms with E-state index in [1.807, 2.05) is 0 Å². The summed E-state index contributed by atoms with van der Waals surface area (Å²) in [5, 5.41) is 10.0. The Labute approximate surface area is 97.6 Å². The van der Waals surface area contributed by atoms with E-state index in [9.17, 15) is 9.90 Å². The van der Waals surface area contributed by atoms with Gasteiger partial charge in [0.2, 0.25) is 0 Å². The molecule has 1 N–H and O–H groups in total. The molecule has 4 heteroatoms. The molecule has 1 aliphatic carbocycles. The predicted octanol–water partition coefficient (Wildman–Crippen LogP) is 1.03. The topological polar surface area (TPSA) is 49.8 Å². The fourth-order valence-electron chi connectivity index (χ4n) is 1.77. The Morgan fingerprint density at radius 1 is 1.56 bits per heavy atom. The first kappa shape index (κ1) is 13.5. The summed E-state index contributed by atoms with van der Waals surface area (Å²) in [5.74, 6) is 0.185. The fourth-order valence-corrected chi connectivity index (χ4v) is 1.77.